The zero-order valence-electron chi connectivity index (χ0n) is 28.7. The Balaban J connectivity index is 1.23. The standard InChI is InChI=1S/C34H31ClN8O10S2/c1-2-52-29(45)21-41(18-16-36-55(50,51)34-40-39-31(54-34)25-14-13-24(35)19-26(25)43(48)49)28(44)20-42-17-15-27(37-32(42)46)38-33(47)53-30(22-9-5-3-6-10-22)23-11-7-4-8-12-23/h3-15,17,19,30,36H,2,16,18,20-21H2,1H3,(H,37,38,46,47). The van der Waals surface area contributed by atoms with Crippen LogP contribution in [0.25, 0.3) is 10.6 Å². The molecule has 18 nitrogen and oxygen atoms in total. The predicted octanol–water partition coefficient (Wildman–Crippen LogP) is 4.03. The molecule has 55 heavy (non-hydrogen) atoms. The van der Waals surface area contributed by atoms with Gasteiger partial charge in [0.15, 0.2) is 11.1 Å². The summed E-state index contributed by atoms with van der Waals surface area (Å²) < 4.78 is 39.4. The lowest BCUT2D eigenvalue weighted by atomic mass is 10.0. The molecule has 0 spiro atoms. The Morgan fingerprint density at radius 3 is 2.31 bits per heavy atom. The van der Waals surface area contributed by atoms with Crippen molar-refractivity contribution in [1.29, 1.82) is 0 Å². The summed E-state index contributed by atoms with van der Waals surface area (Å²) in [7, 11) is -4.33. The number of rotatable bonds is 16. The minimum atomic E-state index is -4.33. The van der Waals surface area contributed by atoms with Gasteiger partial charge >= 0.3 is 17.8 Å². The average Bonchev–Trinajstić information content (AvgIpc) is 3.67. The van der Waals surface area contributed by atoms with Crippen molar-refractivity contribution in [2.24, 2.45) is 0 Å². The number of benzene rings is 3. The van der Waals surface area contributed by atoms with E-state index >= 15 is 0 Å². The fraction of sp³-hybridized carbons (Fsp3) is 0.206. The Hall–Kier alpha value is -6.09. The van der Waals surface area contributed by atoms with Crippen LogP contribution < -0.4 is 15.7 Å². The second kappa shape index (κ2) is 18.3. The summed E-state index contributed by atoms with van der Waals surface area (Å²) in [4.78, 5) is 67.1. The van der Waals surface area contributed by atoms with Crippen LogP contribution in [0.3, 0.4) is 0 Å². The molecule has 2 N–H and O–H groups in total. The number of carbonyl (C=O) groups excluding carboxylic acids is 3. The Morgan fingerprint density at radius 1 is 1.02 bits per heavy atom. The molecule has 0 aliphatic heterocycles. The van der Waals surface area contributed by atoms with Crippen LogP contribution in [0.5, 0.6) is 0 Å². The number of sulfonamides is 1. The SMILES string of the molecule is CCOC(=O)CN(CCNS(=O)(=O)c1nnc(-c2ccc(Cl)cc2[N+](=O)[O-])s1)C(=O)Cn1ccc(NC(=O)OC(c2ccccc2)c2ccccc2)nc1=O. The van der Waals surface area contributed by atoms with E-state index in [2.05, 4.69) is 25.2 Å². The number of carbonyl (C=O) groups is 3. The molecule has 0 bridgehead atoms. The maximum atomic E-state index is 13.3. The van der Waals surface area contributed by atoms with Crippen molar-refractivity contribution in [2.75, 3.05) is 31.6 Å². The van der Waals surface area contributed by atoms with E-state index in [1.54, 1.807) is 55.5 Å². The molecule has 21 heteroatoms. The van der Waals surface area contributed by atoms with E-state index in [4.69, 9.17) is 21.1 Å². The fourth-order valence-electron chi connectivity index (χ4n) is 4.98. The number of hydrogen-bond donors (Lipinski definition) is 2. The van der Waals surface area contributed by atoms with E-state index in [9.17, 15) is 37.7 Å². The molecule has 0 fully saturated rings. The molecule has 0 saturated heterocycles. The zero-order valence-corrected chi connectivity index (χ0v) is 31.1. The third kappa shape index (κ3) is 10.8. The van der Waals surface area contributed by atoms with Crippen LogP contribution in [0.15, 0.2) is 100 Å². The van der Waals surface area contributed by atoms with Gasteiger partial charge in [0.25, 0.3) is 15.7 Å². The predicted molar refractivity (Wildman–Crippen MR) is 199 cm³/mol. The van der Waals surface area contributed by atoms with Gasteiger partial charge in [0, 0.05) is 30.4 Å². The summed E-state index contributed by atoms with van der Waals surface area (Å²) in [5, 5.41) is 21.4. The molecule has 3 aromatic carbocycles. The van der Waals surface area contributed by atoms with Crippen LogP contribution in [0.4, 0.5) is 16.3 Å². The summed E-state index contributed by atoms with van der Waals surface area (Å²) >= 11 is 6.43. The third-order valence-corrected chi connectivity index (χ3v) is 10.5. The first-order valence-electron chi connectivity index (χ1n) is 16.2. The van der Waals surface area contributed by atoms with E-state index in [1.165, 1.54) is 24.4 Å². The van der Waals surface area contributed by atoms with Gasteiger partial charge in [-0.1, -0.05) is 83.6 Å². The van der Waals surface area contributed by atoms with E-state index in [1.807, 2.05) is 12.1 Å². The first-order valence-corrected chi connectivity index (χ1v) is 18.9. The Labute approximate surface area is 321 Å². The summed E-state index contributed by atoms with van der Waals surface area (Å²) in [5.41, 5.74) is 0.115. The van der Waals surface area contributed by atoms with Crippen LogP contribution in [-0.4, -0.2) is 82.2 Å². The maximum Gasteiger partial charge on any atom is 0.413 e. The highest BCUT2D eigenvalue weighted by atomic mass is 35.5. The molecule has 2 heterocycles. The Kier molecular flexibility index (Phi) is 13.3. The Bertz CT molecular complexity index is 2310. The highest BCUT2D eigenvalue weighted by molar-refractivity contribution is 7.91. The minimum Gasteiger partial charge on any atom is -0.465 e. The van der Waals surface area contributed by atoms with Gasteiger partial charge in [-0.25, -0.2) is 22.7 Å². The highest BCUT2D eigenvalue weighted by Crippen LogP contribution is 2.35. The number of aromatic nitrogens is 4. The second-order valence-electron chi connectivity index (χ2n) is 11.3. The van der Waals surface area contributed by atoms with Crippen molar-refractivity contribution in [3.05, 3.63) is 128 Å². The largest absolute Gasteiger partial charge is 0.465 e. The van der Waals surface area contributed by atoms with Crippen molar-refractivity contribution in [2.45, 2.75) is 23.9 Å². The van der Waals surface area contributed by atoms with Gasteiger partial charge in [-0.3, -0.25) is 29.6 Å². The van der Waals surface area contributed by atoms with Gasteiger partial charge in [0.05, 0.1) is 17.1 Å². The summed E-state index contributed by atoms with van der Waals surface area (Å²) in [6, 6.07) is 23.1. The third-order valence-electron chi connectivity index (χ3n) is 7.51. The molecule has 5 aromatic rings. The first kappa shape index (κ1) is 40.1. The monoisotopic (exact) mass is 810 g/mol. The second-order valence-corrected chi connectivity index (χ2v) is 14.6. The quantitative estimate of drug-likeness (QED) is 0.0815. The smallest absolute Gasteiger partial charge is 0.413 e. The van der Waals surface area contributed by atoms with E-state index in [0.29, 0.717) is 22.5 Å². The lowest BCUT2D eigenvalue weighted by Gasteiger charge is -2.22. The summed E-state index contributed by atoms with van der Waals surface area (Å²) in [5.74, 6) is -1.70. The van der Waals surface area contributed by atoms with E-state index < -0.39 is 74.4 Å². The van der Waals surface area contributed by atoms with Gasteiger partial charge in [0.2, 0.25) is 10.2 Å². The first-order chi connectivity index (χ1) is 26.3. The minimum absolute atomic E-state index is 0.00722. The number of esters is 1. The molecular weight excluding hydrogens is 780 g/mol. The molecule has 0 aliphatic carbocycles. The summed E-state index contributed by atoms with van der Waals surface area (Å²) in [6.45, 7) is -0.358. The maximum absolute atomic E-state index is 13.3. The number of nitro benzene ring substituents is 1. The number of anilines is 1. The van der Waals surface area contributed by atoms with Crippen molar-refractivity contribution < 1.29 is 37.2 Å². The van der Waals surface area contributed by atoms with Gasteiger partial charge in [-0.2, -0.15) is 4.98 Å². The van der Waals surface area contributed by atoms with Gasteiger partial charge < -0.3 is 14.4 Å². The molecule has 2 aromatic heterocycles. The van der Waals surface area contributed by atoms with Crippen molar-refractivity contribution in [1.82, 2.24) is 29.4 Å². The number of nitrogens with one attached hydrogen (secondary N) is 2. The van der Waals surface area contributed by atoms with Gasteiger partial charge in [-0.05, 0) is 36.2 Å². The molecule has 0 radical (unpaired) electrons. The highest BCUT2D eigenvalue weighted by Gasteiger charge is 2.26. The van der Waals surface area contributed by atoms with Crippen LogP contribution in [0.2, 0.25) is 5.02 Å². The van der Waals surface area contributed by atoms with Crippen LogP contribution >= 0.6 is 22.9 Å². The number of nitro groups is 1. The number of hydrogen-bond acceptors (Lipinski definition) is 14. The Morgan fingerprint density at radius 2 is 1.69 bits per heavy atom. The number of amides is 2. The number of halogens is 1. The van der Waals surface area contributed by atoms with Crippen molar-refractivity contribution in [3.8, 4) is 10.6 Å². The molecule has 0 unspecified atom stereocenters. The van der Waals surface area contributed by atoms with Crippen molar-refractivity contribution in [3.63, 3.8) is 0 Å². The topological polar surface area (TPSA) is 235 Å². The molecule has 2 amide bonds. The molecule has 0 atom stereocenters. The van der Waals surface area contributed by atoms with Crippen LogP contribution in [0.1, 0.15) is 24.2 Å². The molecule has 5 rings (SSSR count). The lowest BCUT2D eigenvalue weighted by Crippen LogP contribution is -2.44. The van der Waals surface area contributed by atoms with E-state index in [0.717, 1.165) is 15.5 Å². The normalized spacial score (nSPS) is 11.2. The average molecular weight is 811 g/mol. The van der Waals surface area contributed by atoms with Crippen LogP contribution in [0, 0.1) is 10.1 Å². The van der Waals surface area contributed by atoms with E-state index in [-0.39, 0.29) is 34.6 Å². The van der Waals surface area contributed by atoms with Crippen LogP contribution in [-0.2, 0) is 35.6 Å². The molecule has 286 valence electrons. The van der Waals surface area contributed by atoms with Gasteiger partial charge in [0.1, 0.15) is 18.9 Å². The number of ether oxygens (including phenoxy) is 2. The zero-order chi connectivity index (χ0) is 39.5. The van der Waals surface area contributed by atoms with Gasteiger partial charge in [-0.15, -0.1) is 10.2 Å². The number of nitrogens with zero attached hydrogens (tertiary/aromatic N) is 6. The molecular formula is C34H31ClN8O10S2. The molecule has 0 saturated carbocycles. The van der Waals surface area contributed by atoms with Crippen molar-refractivity contribution >= 4 is 62.4 Å². The summed E-state index contributed by atoms with van der Waals surface area (Å²) in [6.07, 6.45) is -0.445. The lowest BCUT2D eigenvalue weighted by molar-refractivity contribution is -0.384. The fourth-order valence-corrected chi connectivity index (χ4v) is 7.25. The molecule has 0 aliphatic rings.